The van der Waals surface area contributed by atoms with Gasteiger partial charge in [0.1, 0.15) is 5.82 Å². The van der Waals surface area contributed by atoms with Crippen LogP contribution in [0.2, 0.25) is 5.02 Å². The Morgan fingerprint density at radius 3 is 2.47 bits per heavy atom. The molecule has 0 aromatic heterocycles. The lowest BCUT2D eigenvalue weighted by molar-refractivity contribution is -0.170. The first-order valence-corrected chi connectivity index (χ1v) is 4.22. The topological polar surface area (TPSA) is 17.1 Å². The van der Waals surface area contributed by atoms with E-state index in [4.69, 9.17) is 11.6 Å². The van der Waals surface area contributed by atoms with E-state index in [1.165, 1.54) is 0 Å². The summed E-state index contributed by atoms with van der Waals surface area (Å²) < 4.78 is 48.3. The first-order valence-electron chi connectivity index (χ1n) is 3.84. The first kappa shape index (κ1) is 12.0. The van der Waals surface area contributed by atoms with Gasteiger partial charge in [0.25, 0.3) is 0 Å². The van der Waals surface area contributed by atoms with Gasteiger partial charge in [-0.25, -0.2) is 4.39 Å². The molecular weight excluding hydrogens is 236 g/mol. The summed E-state index contributed by atoms with van der Waals surface area (Å²) in [5, 5.41) is -0.0611. The Morgan fingerprint density at radius 2 is 1.93 bits per heavy atom. The van der Waals surface area contributed by atoms with Gasteiger partial charge in [-0.05, 0) is 23.8 Å². The highest BCUT2D eigenvalue weighted by atomic mass is 35.5. The number of rotatable bonds is 2. The van der Waals surface area contributed by atoms with Crippen LogP contribution < -0.4 is 0 Å². The lowest BCUT2D eigenvalue weighted by Crippen LogP contribution is -2.24. The zero-order valence-corrected chi connectivity index (χ0v) is 7.99. The molecule has 0 aliphatic carbocycles. The molecule has 0 spiro atoms. The quantitative estimate of drug-likeness (QED) is 0.726. The second-order valence-electron chi connectivity index (χ2n) is 2.83. The number of ketones is 1. The van der Waals surface area contributed by atoms with Gasteiger partial charge < -0.3 is 0 Å². The Labute approximate surface area is 87.7 Å². The average molecular weight is 241 g/mol. The van der Waals surface area contributed by atoms with Crippen LogP contribution in [0.5, 0.6) is 0 Å². The Kier molecular flexibility index (Phi) is 3.34. The molecule has 0 aliphatic rings. The zero-order valence-electron chi connectivity index (χ0n) is 7.24. The lowest BCUT2D eigenvalue weighted by atomic mass is 10.1. The standard InChI is InChI=1S/C9H5ClF4O/c10-7-2-1-6(11)3-5(7)4-8(15)9(12,13)14/h1-3H,4H2. The molecule has 0 heterocycles. The fraction of sp³-hybridized carbons (Fsp3) is 0.222. The second kappa shape index (κ2) is 4.18. The maximum atomic E-state index is 12.6. The molecular formula is C9H5ClF4O. The van der Waals surface area contributed by atoms with Crippen LogP contribution in [-0.2, 0) is 11.2 Å². The third-order valence-corrected chi connectivity index (χ3v) is 2.04. The van der Waals surface area contributed by atoms with Gasteiger partial charge in [0, 0.05) is 11.4 Å². The van der Waals surface area contributed by atoms with Crippen LogP contribution in [0, 0.1) is 5.82 Å². The SMILES string of the molecule is O=C(Cc1cc(F)ccc1Cl)C(F)(F)F. The molecule has 0 amide bonds. The molecule has 0 unspecified atom stereocenters. The molecule has 0 radical (unpaired) electrons. The number of Topliss-reactive ketones (excluding diaryl/α,β-unsaturated/α-hetero) is 1. The van der Waals surface area contributed by atoms with E-state index >= 15 is 0 Å². The van der Waals surface area contributed by atoms with Gasteiger partial charge in [0.05, 0.1) is 0 Å². The molecule has 0 fully saturated rings. The minimum absolute atomic E-state index is 0.0611. The van der Waals surface area contributed by atoms with Crippen LogP contribution in [0.25, 0.3) is 0 Å². The molecule has 82 valence electrons. The van der Waals surface area contributed by atoms with E-state index in [0.717, 1.165) is 18.2 Å². The van der Waals surface area contributed by atoms with Crippen LogP contribution in [0.15, 0.2) is 18.2 Å². The summed E-state index contributed by atoms with van der Waals surface area (Å²) >= 11 is 5.50. The Balaban J connectivity index is 2.90. The summed E-state index contributed by atoms with van der Waals surface area (Å²) in [4.78, 5) is 10.6. The summed E-state index contributed by atoms with van der Waals surface area (Å²) in [5.41, 5.74) is -0.168. The third kappa shape index (κ3) is 3.20. The Hall–Kier alpha value is -1.10. The first-order chi connectivity index (χ1) is 6.80. The lowest BCUT2D eigenvalue weighted by Gasteiger charge is -2.06. The van der Waals surface area contributed by atoms with Crippen molar-refractivity contribution in [3.63, 3.8) is 0 Å². The van der Waals surface area contributed by atoms with Crippen molar-refractivity contribution < 1.29 is 22.4 Å². The molecule has 0 N–H and O–H groups in total. The van der Waals surface area contributed by atoms with E-state index in [-0.39, 0.29) is 10.6 Å². The van der Waals surface area contributed by atoms with Gasteiger partial charge in [-0.3, -0.25) is 4.79 Å². The molecule has 1 rings (SSSR count). The molecule has 0 aliphatic heterocycles. The van der Waals surface area contributed by atoms with Crippen molar-refractivity contribution in [1.82, 2.24) is 0 Å². The van der Waals surface area contributed by atoms with Crippen LogP contribution in [0.4, 0.5) is 17.6 Å². The number of alkyl halides is 3. The second-order valence-corrected chi connectivity index (χ2v) is 3.24. The molecule has 1 aromatic carbocycles. The number of hydrogen-bond acceptors (Lipinski definition) is 1. The van der Waals surface area contributed by atoms with Gasteiger partial charge in [-0.2, -0.15) is 13.2 Å². The third-order valence-electron chi connectivity index (χ3n) is 1.67. The molecule has 6 heteroatoms. The highest BCUT2D eigenvalue weighted by Crippen LogP contribution is 2.23. The molecule has 0 atom stereocenters. The number of halogens is 5. The van der Waals surface area contributed by atoms with Crippen molar-refractivity contribution in [3.8, 4) is 0 Å². The van der Waals surface area contributed by atoms with Gasteiger partial charge in [0.15, 0.2) is 0 Å². The summed E-state index contributed by atoms with van der Waals surface area (Å²) in [5.74, 6) is -2.68. The highest BCUT2D eigenvalue weighted by Gasteiger charge is 2.38. The summed E-state index contributed by atoms with van der Waals surface area (Å²) in [6.45, 7) is 0. The maximum Gasteiger partial charge on any atom is 0.450 e. The number of benzene rings is 1. The van der Waals surface area contributed by atoms with Crippen LogP contribution in [0.3, 0.4) is 0 Å². The van der Waals surface area contributed by atoms with Crippen molar-refractivity contribution in [2.24, 2.45) is 0 Å². The summed E-state index contributed by atoms with van der Waals surface area (Å²) in [7, 11) is 0. The normalized spacial score (nSPS) is 11.5. The van der Waals surface area contributed by atoms with Crippen molar-refractivity contribution in [2.75, 3.05) is 0 Å². The van der Waals surface area contributed by atoms with Crippen molar-refractivity contribution >= 4 is 17.4 Å². The van der Waals surface area contributed by atoms with E-state index < -0.39 is 24.2 Å². The Bertz CT molecular complexity index is 386. The zero-order chi connectivity index (χ0) is 11.6. The average Bonchev–Trinajstić information content (AvgIpc) is 2.09. The van der Waals surface area contributed by atoms with Crippen LogP contribution >= 0.6 is 11.6 Å². The molecule has 0 saturated carbocycles. The minimum atomic E-state index is -4.92. The van der Waals surface area contributed by atoms with E-state index in [0.29, 0.717) is 0 Å². The van der Waals surface area contributed by atoms with E-state index in [2.05, 4.69) is 0 Å². The van der Waals surface area contributed by atoms with E-state index in [1.54, 1.807) is 0 Å². The van der Waals surface area contributed by atoms with Crippen molar-refractivity contribution in [2.45, 2.75) is 12.6 Å². The minimum Gasteiger partial charge on any atom is -0.289 e. The highest BCUT2D eigenvalue weighted by molar-refractivity contribution is 6.31. The molecule has 1 aromatic rings. The van der Waals surface area contributed by atoms with Crippen LogP contribution in [0.1, 0.15) is 5.56 Å². The Morgan fingerprint density at radius 1 is 1.33 bits per heavy atom. The van der Waals surface area contributed by atoms with Crippen molar-refractivity contribution in [1.29, 1.82) is 0 Å². The fourth-order valence-electron chi connectivity index (χ4n) is 0.952. The molecule has 1 nitrogen and oxygen atoms in total. The number of carbonyl (C=O) groups is 1. The van der Waals surface area contributed by atoms with Gasteiger partial charge >= 0.3 is 6.18 Å². The molecule has 0 bridgehead atoms. The monoisotopic (exact) mass is 240 g/mol. The molecule has 15 heavy (non-hydrogen) atoms. The summed E-state index contributed by atoms with van der Waals surface area (Å²) in [6, 6.07) is 2.92. The largest absolute Gasteiger partial charge is 0.450 e. The molecule has 0 saturated heterocycles. The maximum absolute atomic E-state index is 12.6. The van der Waals surface area contributed by atoms with Gasteiger partial charge in [-0.15, -0.1) is 0 Å². The van der Waals surface area contributed by atoms with Gasteiger partial charge in [0.2, 0.25) is 5.78 Å². The number of hydrogen-bond donors (Lipinski definition) is 0. The van der Waals surface area contributed by atoms with E-state index in [1.807, 2.05) is 0 Å². The van der Waals surface area contributed by atoms with Crippen molar-refractivity contribution in [3.05, 3.63) is 34.6 Å². The van der Waals surface area contributed by atoms with Crippen LogP contribution in [-0.4, -0.2) is 12.0 Å². The number of carbonyl (C=O) groups excluding carboxylic acids is 1. The fourth-order valence-corrected chi connectivity index (χ4v) is 1.14. The summed E-state index contributed by atoms with van der Waals surface area (Å²) in [6.07, 6.45) is -5.87. The smallest absolute Gasteiger partial charge is 0.289 e. The predicted molar refractivity (Wildman–Crippen MR) is 46.2 cm³/mol. The van der Waals surface area contributed by atoms with E-state index in [9.17, 15) is 22.4 Å². The predicted octanol–water partition coefficient (Wildman–Crippen LogP) is 3.15. The van der Waals surface area contributed by atoms with Gasteiger partial charge in [-0.1, -0.05) is 11.6 Å².